The zero-order valence-electron chi connectivity index (χ0n) is 16.9. The molecule has 2 aliphatic rings. The maximum atomic E-state index is 4.41. The number of benzene rings is 1. The van der Waals surface area contributed by atoms with Gasteiger partial charge in [-0.3, -0.25) is 9.89 Å². The van der Waals surface area contributed by atoms with E-state index in [4.69, 9.17) is 0 Å². The minimum absolute atomic E-state index is 0.442. The second-order valence-corrected chi connectivity index (χ2v) is 7.88. The fourth-order valence-corrected chi connectivity index (χ4v) is 4.30. The molecule has 7 heteroatoms. The van der Waals surface area contributed by atoms with Gasteiger partial charge in [0.25, 0.3) is 0 Å². The predicted molar refractivity (Wildman–Crippen MR) is 111 cm³/mol. The van der Waals surface area contributed by atoms with Crippen LogP contribution in [-0.4, -0.2) is 51.3 Å². The molecule has 0 radical (unpaired) electrons. The molecule has 2 atom stereocenters. The first kappa shape index (κ1) is 18.9. The van der Waals surface area contributed by atoms with Crippen LogP contribution in [0.15, 0.2) is 35.3 Å². The summed E-state index contributed by atoms with van der Waals surface area (Å²) in [5.74, 6) is 2.96. The number of hydrogen-bond donors (Lipinski definition) is 2. The summed E-state index contributed by atoms with van der Waals surface area (Å²) >= 11 is 0. The molecule has 1 aromatic heterocycles. The van der Waals surface area contributed by atoms with Crippen molar-refractivity contribution < 1.29 is 0 Å². The number of aromatic nitrogens is 3. The Morgan fingerprint density at radius 3 is 2.86 bits per heavy atom. The van der Waals surface area contributed by atoms with Crippen LogP contribution in [0.5, 0.6) is 0 Å². The minimum atomic E-state index is 0.442. The Hall–Kier alpha value is -2.41. The Kier molecular flexibility index (Phi) is 5.90. The predicted octanol–water partition coefficient (Wildman–Crippen LogP) is 1.94. The lowest BCUT2D eigenvalue weighted by Crippen LogP contribution is -2.51. The molecule has 0 amide bonds. The van der Waals surface area contributed by atoms with E-state index in [2.05, 4.69) is 72.5 Å². The molecular weight excluding hydrogens is 350 g/mol. The van der Waals surface area contributed by atoms with E-state index in [9.17, 15) is 0 Å². The summed E-state index contributed by atoms with van der Waals surface area (Å²) in [6.45, 7) is 6.15. The highest BCUT2D eigenvalue weighted by Crippen LogP contribution is 2.20. The quantitative estimate of drug-likeness (QED) is 0.612. The highest BCUT2D eigenvalue weighted by atomic mass is 15.3. The molecule has 2 unspecified atom stereocenters. The first-order valence-electron chi connectivity index (χ1n) is 10.4. The molecule has 0 spiro atoms. The average molecular weight is 382 g/mol. The lowest BCUT2D eigenvalue weighted by atomic mass is 9.97. The molecule has 0 bridgehead atoms. The molecule has 1 fully saturated rings. The maximum Gasteiger partial charge on any atom is 0.191 e. The standard InChI is InChI=1S/C21H31N7/c1-16-13-18(10-12-27(16)15-17-7-4-3-5-8-17)24-21(22-2)23-14-20-26-25-19-9-6-11-28(19)20/h3-5,7-8,16,18H,6,9-15H2,1-2H3,(H2,22,23,24). The molecule has 2 aliphatic heterocycles. The van der Waals surface area contributed by atoms with Crippen LogP contribution >= 0.6 is 0 Å². The number of fused-ring (bicyclic) bond motifs is 1. The normalized spacial score (nSPS) is 22.9. The monoisotopic (exact) mass is 381 g/mol. The molecule has 1 saturated heterocycles. The lowest BCUT2D eigenvalue weighted by molar-refractivity contribution is 0.134. The van der Waals surface area contributed by atoms with Crippen LogP contribution in [0.2, 0.25) is 0 Å². The number of nitrogens with one attached hydrogen (secondary N) is 2. The largest absolute Gasteiger partial charge is 0.354 e. The zero-order valence-corrected chi connectivity index (χ0v) is 16.9. The summed E-state index contributed by atoms with van der Waals surface area (Å²) in [7, 11) is 1.83. The van der Waals surface area contributed by atoms with E-state index < -0.39 is 0 Å². The van der Waals surface area contributed by atoms with Crippen LogP contribution in [0.4, 0.5) is 0 Å². The Bertz CT molecular complexity index is 798. The van der Waals surface area contributed by atoms with Crippen LogP contribution in [-0.2, 0) is 26.1 Å². The van der Waals surface area contributed by atoms with Crippen LogP contribution in [0.3, 0.4) is 0 Å². The van der Waals surface area contributed by atoms with Crippen molar-refractivity contribution in [1.29, 1.82) is 0 Å². The molecule has 0 saturated carbocycles. The molecule has 28 heavy (non-hydrogen) atoms. The van der Waals surface area contributed by atoms with E-state index in [1.807, 2.05) is 7.05 Å². The van der Waals surface area contributed by atoms with E-state index >= 15 is 0 Å². The summed E-state index contributed by atoms with van der Waals surface area (Å²) < 4.78 is 2.23. The molecule has 1 aromatic carbocycles. The number of nitrogens with zero attached hydrogens (tertiary/aromatic N) is 5. The molecule has 0 aliphatic carbocycles. The Morgan fingerprint density at radius 2 is 2.07 bits per heavy atom. The van der Waals surface area contributed by atoms with Gasteiger partial charge in [-0.15, -0.1) is 10.2 Å². The Balaban J connectivity index is 1.26. The van der Waals surface area contributed by atoms with Gasteiger partial charge in [-0.2, -0.15) is 0 Å². The van der Waals surface area contributed by atoms with Crippen molar-refractivity contribution in [3.8, 4) is 0 Å². The van der Waals surface area contributed by atoms with E-state index in [-0.39, 0.29) is 0 Å². The van der Waals surface area contributed by atoms with Gasteiger partial charge in [-0.1, -0.05) is 30.3 Å². The first-order valence-corrected chi connectivity index (χ1v) is 10.4. The highest BCUT2D eigenvalue weighted by molar-refractivity contribution is 5.79. The number of aliphatic imine (C=N–C) groups is 1. The van der Waals surface area contributed by atoms with Crippen molar-refractivity contribution in [2.75, 3.05) is 13.6 Å². The number of guanidine groups is 1. The van der Waals surface area contributed by atoms with Crippen molar-refractivity contribution in [1.82, 2.24) is 30.3 Å². The first-order chi connectivity index (χ1) is 13.7. The minimum Gasteiger partial charge on any atom is -0.354 e. The van der Waals surface area contributed by atoms with Gasteiger partial charge in [-0.25, -0.2) is 0 Å². The van der Waals surface area contributed by atoms with Crippen LogP contribution in [0.25, 0.3) is 0 Å². The van der Waals surface area contributed by atoms with Gasteiger partial charge in [0.2, 0.25) is 0 Å². The topological polar surface area (TPSA) is 70.4 Å². The van der Waals surface area contributed by atoms with Gasteiger partial charge in [0, 0.05) is 45.2 Å². The number of likely N-dealkylation sites (tertiary alicyclic amines) is 1. The number of aryl methyl sites for hydroxylation is 1. The number of piperidine rings is 1. The van der Waals surface area contributed by atoms with E-state index in [0.29, 0.717) is 18.6 Å². The van der Waals surface area contributed by atoms with Gasteiger partial charge < -0.3 is 15.2 Å². The average Bonchev–Trinajstić information content (AvgIpc) is 3.32. The van der Waals surface area contributed by atoms with Gasteiger partial charge in [0.15, 0.2) is 11.8 Å². The molecule has 150 valence electrons. The third-order valence-electron chi connectivity index (χ3n) is 5.91. The molecule has 2 N–H and O–H groups in total. The van der Waals surface area contributed by atoms with Crippen molar-refractivity contribution in [2.24, 2.45) is 4.99 Å². The van der Waals surface area contributed by atoms with Crippen molar-refractivity contribution in [3.63, 3.8) is 0 Å². The summed E-state index contributed by atoms with van der Waals surface area (Å²) in [4.78, 5) is 6.98. The summed E-state index contributed by atoms with van der Waals surface area (Å²) in [6, 6.07) is 11.7. The van der Waals surface area contributed by atoms with Crippen molar-refractivity contribution >= 4 is 5.96 Å². The van der Waals surface area contributed by atoms with E-state index in [1.54, 1.807) is 0 Å². The van der Waals surface area contributed by atoms with Crippen LogP contribution in [0.1, 0.15) is 43.4 Å². The third-order valence-corrected chi connectivity index (χ3v) is 5.91. The fraction of sp³-hybridized carbons (Fsp3) is 0.571. The zero-order chi connectivity index (χ0) is 19.3. The molecule has 4 rings (SSSR count). The second-order valence-electron chi connectivity index (χ2n) is 7.88. The van der Waals surface area contributed by atoms with E-state index in [1.165, 1.54) is 12.0 Å². The van der Waals surface area contributed by atoms with Gasteiger partial charge in [-0.05, 0) is 31.7 Å². The number of rotatable bonds is 5. The van der Waals surface area contributed by atoms with Gasteiger partial charge >= 0.3 is 0 Å². The highest BCUT2D eigenvalue weighted by Gasteiger charge is 2.26. The second kappa shape index (κ2) is 8.73. The smallest absolute Gasteiger partial charge is 0.191 e. The molecule has 2 aromatic rings. The SMILES string of the molecule is CN=C(NCc1nnc2n1CCC2)NC1CCN(Cc2ccccc2)C(C)C1. The molecule has 3 heterocycles. The number of hydrogen-bond acceptors (Lipinski definition) is 4. The fourth-order valence-electron chi connectivity index (χ4n) is 4.30. The van der Waals surface area contributed by atoms with Crippen LogP contribution < -0.4 is 10.6 Å². The maximum absolute atomic E-state index is 4.41. The van der Waals surface area contributed by atoms with Crippen LogP contribution in [0, 0.1) is 0 Å². The summed E-state index contributed by atoms with van der Waals surface area (Å²) in [5, 5.41) is 15.6. The van der Waals surface area contributed by atoms with Gasteiger partial charge in [0.1, 0.15) is 5.82 Å². The Morgan fingerprint density at radius 1 is 1.21 bits per heavy atom. The van der Waals surface area contributed by atoms with Gasteiger partial charge in [0.05, 0.1) is 6.54 Å². The Labute approximate surface area is 167 Å². The summed E-state index contributed by atoms with van der Waals surface area (Å²) in [6.07, 6.45) is 4.45. The van der Waals surface area contributed by atoms with E-state index in [0.717, 1.165) is 56.5 Å². The summed E-state index contributed by atoms with van der Waals surface area (Å²) in [5.41, 5.74) is 1.39. The van der Waals surface area contributed by atoms with Crippen molar-refractivity contribution in [3.05, 3.63) is 47.5 Å². The molecular formula is C21H31N7. The molecule has 7 nitrogen and oxygen atoms in total. The third kappa shape index (κ3) is 4.35. The van der Waals surface area contributed by atoms with Crippen molar-refractivity contribution in [2.45, 2.75) is 64.3 Å². The lowest BCUT2D eigenvalue weighted by Gasteiger charge is -2.38.